The summed E-state index contributed by atoms with van der Waals surface area (Å²) >= 11 is 0. The maximum Gasteiger partial charge on any atom is 0.338 e. The number of esters is 1. The molecule has 4 heterocycles. The number of carbonyl (C=O) groups excluding carboxylic acids is 1. The maximum atomic E-state index is 13.2. The minimum absolute atomic E-state index is 0.137. The highest BCUT2D eigenvalue weighted by Crippen LogP contribution is 2.43. The van der Waals surface area contributed by atoms with Gasteiger partial charge in [0.15, 0.2) is 0 Å². The number of fused-ring (bicyclic) bond motifs is 4. The molecule has 0 amide bonds. The second-order valence-electron chi connectivity index (χ2n) is 8.72. The van der Waals surface area contributed by atoms with Crippen LogP contribution in [0.5, 0.6) is 5.75 Å². The number of benzene rings is 2. The lowest BCUT2D eigenvalue weighted by Gasteiger charge is -2.51. The van der Waals surface area contributed by atoms with Gasteiger partial charge in [0.25, 0.3) is 0 Å². The van der Waals surface area contributed by atoms with Crippen LogP contribution < -0.4 is 4.74 Å². The van der Waals surface area contributed by atoms with E-state index in [4.69, 9.17) is 9.47 Å². The van der Waals surface area contributed by atoms with Crippen molar-refractivity contribution >= 4 is 16.9 Å². The van der Waals surface area contributed by atoms with Gasteiger partial charge < -0.3 is 9.47 Å². The van der Waals surface area contributed by atoms with E-state index in [-0.39, 0.29) is 18.1 Å². The fraction of sp³-hybridized carbons (Fsp3) is 0.333. The minimum Gasteiger partial charge on any atom is -0.497 e. The van der Waals surface area contributed by atoms with Gasteiger partial charge in [-0.15, -0.1) is 6.58 Å². The van der Waals surface area contributed by atoms with Gasteiger partial charge in [-0.3, -0.25) is 9.88 Å². The Bertz CT molecular complexity index is 1120. The van der Waals surface area contributed by atoms with E-state index in [1.165, 1.54) is 6.42 Å². The Morgan fingerprint density at radius 1 is 1.19 bits per heavy atom. The predicted molar refractivity (Wildman–Crippen MR) is 125 cm³/mol. The number of methoxy groups -OCH3 is 1. The molecule has 0 radical (unpaired) electrons. The van der Waals surface area contributed by atoms with Crippen LogP contribution in [-0.2, 0) is 4.74 Å². The van der Waals surface area contributed by atoms with Gasteiger partial charge in [-0.1, -0.05) is 24.3 Å². The molecule has 1 aromatic heterocycles. The largest absolute Gasteiger partial charge is 0.497 e. The summed E-state index contributed by atoms with van der Waals surface area (Å²) in [5.74, 6) is 1.48. The molecular formula is C27H28N2O3. The third kappa shape index (κ3) is 3.78. The number of hydrogen-bond acceptors (Lipinski definition) is 5. The minimum atomic E-state index is -0.369. The molecule has 0 N–H and O–H groups in total. The number of para-hydroxylation sites is 1. The number of piperidine rings is 3. The van der Waals surface area contributed by atoms with Crippen LogP contribution >= 0.6 is 0 Å². The third-order valence-electron chi connectivity index (χ3n) is 7.05. The van der Waals surface area contributed by atoms with Crippen molar-refractivity contribution in [3.8, 4) is 5.75 Å². The van der Waals surface area contributed by atoms with E-state index in [0.29, 0.717) is 23.1 Å². The Kier molecular flexibility index (Phi) is 5.66. The molecule has 3 aromatic rings. The number of hydrogen-bond donors (Lipinski definition) is 0. The van der Waals surface area contributed by atoms with Crippen molar-refractivity contribution in [2.24, 2.45) is 11.8 Å². The molecule has 5 nitrogen and oxygen atoms in total. The number of rotatable bonds is 6. The Balaban J connectivity index is 1.52. The summed E-state index contributed by atoms with van der Waals surface area (Å²) in [6.07, 6.45) is 5.70. The molecule has 2 aromatic carbocycles. The van der Waals surface area contributed by atoms with Crippen LogP contribution in [0.1, 0.15) is 34.9 Å². The average Bonchev–Trinajstić information content (AvgIpc) is 2.87. The lowest BCUT2D eigenvalue weighted by Crippen LogP contribution is -2.55. The lowest BCUT2D eigenvalue weighted by atomic mass is 9.73. The van der Waals surface area contributed by atoms with E-state index in [1.807, 2.05) is 30.5 Å². The summed E-state index contributed by atoms with van der Waals surface area (Å²) in [7, 11) is 1.61. The smallest absolute Gasteiger partial charge is 0.338 e. The van der Waals surface area contributed by atoms with Gasteiger partial charge in [-0.2, -0.15) is 0 Å². The molecule has 3 aliphatic heterocycles. The summed E-state index contributed by atoms with van der Waals surface area (Å²) in [6.45, 7) is 6.04. The van der Waals surface area contributed by atoms with E-state index in [2.05, 4.69) is 28.6 Å². The van der Waals surface area contributed by atoms with Gasteiger partial charge >= 0.3 is 5.97 Å². The highest BCUT2D eigenvalue weighted by molar-refractivity contribution is 5.90. The molecule has 3 fully saturated rings. The van der Waals surface area contributed by atoms with E-state index < -0.39 is 0 Å². The molecule has 0 saturated carbocycles. The molecule has 2 bridgehead atoms. The highest BCUT2D eigenvalue weighted by atomic mass is 16.5. The first kappa shape index (κ1) is 20.7. The van der Waals surface area contributed by atoms with Crippen molar-refractivity contribution < 1.29 is 14.3 Å². The van der Waals surface area contributed by atoms with E-state index in [0.717, 1.165) is 36.0 Å². The number of aromatic nitrogens is 1. The van der Waals surface area contributed by atoms with Crippen molar-refractivity contribution in [1.29, 1.82) is 0 Å². The van der Waals surface area contributed by atoms with E-state index in [1.54, 1.807) is 31.4 Å². The van der Waals surface area contributed by atoms with Crippen LogP contribution in [-0.4, -0.2) is 42.1 Å². The number of ether oxygens (including phenoxy) is 2. The summed E-state index contributed by atoms with van der Waals surface area (Å²) in [5, 5.41) is 1.03. The first-order chi connectivity index (χ1) is 15.7. The Morgan fingerprint density at radius 2 is 2.00 bits per heavy atom. The molecule has 32 heavy (non-hydrogen) atoms. The highest BCUT2D eigenvalue weighted by Gasteiger charge is 2.44. The molecule has 164 valence electrons. The van der Waals surface area contributed by atoms with Crippen molar-refractivity contribution in [3.63, 3.8) is 0 Å². The normalized spacial score (nSPS) is 25.3. The summed E-state index contributed by atoms with van der Waals surface area (Å²) in [6, 6.07) is 17.3. The van der Waals surface area contributed by atoms with Crippen molar-refractivity contribution in [2.45, 2.75) is 25.0 Å². The lowest BCUT2D eigenvalue weighted by molar-refractivity contribution is -0.0568. The molecule has 3 aliphatic rings. The van der Waals surface area contributed by atoms with Crippen molar-refractivity contribution in [3.05, 3.63) is 84.6 Å². The number of nitrogens with zero attached hydrogens (tertiary/aromatic N) is 2. The van der Waals surface area contributed by atoms with Crippen LogP contribution in [0, 0.1) is 11.8 Å². The summed E-state index contributed by atoms with van der Waals surface area (Å²) < 4.78 is 11.5. The standard InChI is InChI=1S/C27H28N2O3/c1-3-18-17-29-15-13-20(18)16-25(29)26(23-12-14-28-24-7-5-4-6-22(23)24)32-27(30)19-8-10-21(31-2)11-9-19/h3-12,14,18,20,25-26H,1,13,15-17H2,2H3/t18-,20+,25+,26-/m1/s1. The van der Waals surface area contributed by atoms with Gasteiger partial charge in [-0.25, -0.2) is 4.79 Å². The molecule has 1 unspecified atom stereocenters. The predicted octanol–water partition coefficient (Wildman–Crippen LogP) is 5.04. The Morgan fingerprint density at radius 3 is 2.72 bits per heavy atom. The monoisotopic (exact) mass is 428 g/mol. The van der Waals surface area contributed by atoms with Crippen LogP contribution in [0.4, 0.5) is 0 Å². The molecule has 6 rings (SSSR count). The topological polar surface area (TPSA) is 51.7 Å². The number of carbonyl (C=O) groups is 1. The summed E-state index contributed by atoms with van der Waals surface area (Å²) in [5.41, 5.74) is 2.45. The molecule has 3 saturated heterocycles. The van der Waals surface area contributed by atoms with Gasteiger partial charge in [0.1, 0.15) is 11.9 Å². The average molecular weight is 429 g/mol. The fourth-order valence-corrected chi connectivity index (χ4v) is 5.32. The maximum absolute atomic E-state index is 13.2. The quantitative estimate of drug-likeness (QED) is 0.407. The zero-order valence-electron chi connectivity index (χ0n) is 18.3. The van der Waals surface area contributed by atoms with Crippen LogP contribution in [0.2, 0.25) is 0 Å². The molecule has 5 heteroatoms. The van der Waals surface area contributed by atoms with E-state index in [9.17, 15) is 4.79 Å². The zero-order valence-corrected chi connectivity index (χ0v) is 18.3. The first-order valence-electron chi connectivity index (χ1n) is 11.2. The summed E-state index contributed by atoms with van der Waals surface area (Å²) in [4.78, 5) is 20.2. The Hall–Kier alpha value is -3.18. The SMILES string of the molecule is C=C[C@@H]1CN2CC[C@H]1C[C@H]2[C@H](OC(=O)c1ccc(OC)cc1)c1ccnc2ccccc12. The van der Waals surface area contributed by atoms with Crippen molar-refractivity contribution in [1.82, 2.24) is 9.88 Å². The van der Waals surface area contributed by atoms with Crippen molar-refractivity contribution in [2.75, 3.05) is 20.2 Å². The molecule has 0 aliphatic carbocycles. The van der Waals surface area contributed by atoms with Gasteiger partial charge in [-0.05, 0) is 67.6 Å². The van der Waals surface area contributed by atoms with Gasteiger partial charge in [0.05, 0.1) is 24.2 Å². The first-order valence-corrected chi connectivity index (χ1v) is 11.2. The molecular weight excluding hydrogens is 400 g/mol. The van der Waals surface area contributed by atoms with Gasteiger partial charge in [0.2, 0.25) is 0 Å². The zero-order chi connectivity index (χ0) is 22.1. The molecule has 5 atom stereocenters. The third-order valence-corrected chi connectivity index (χ3v) is 7.05. The second kappa shape index (κ2) is 8.75. The molecule has 0 spiro atoms. The Labute approximate surface area is 188 Å². The number of pyridine rings is 1. The van der Waals surface area contributed by atoms with E-state index >= 15 is 0 Å². The van der Waals surface area contributed by atoms with Crippen LogP contribution in [0.25, 0.3) is 10.9 Å². The van der Waals surface area contributed by atoms with Crippen LogP contribution in [0.15, 0.2) is 73.4 Å². The second-order valence-corrected chi connectivity index (χ2v) is 8.72. The fourth-order valence-electron chi connectivity index (χ4n) is 5.32. The van der Waals surface area contributed by atoms with Gasteiger partial charge in [0, 0.05) is 23.7 Å². The van der Waals surface area contributed by atoms with Crippen LogP contribution in [0.3, 0.4) is 0 Å².